The van der Waals surface area contributed by atoms with Crippen LogP contribution in [0.3, 0.4) is 0 Å². The minimum Gasteiger partial charge on any atom is -0.467 e. The van der Waals surface area contributed by atoms with Gasteiger partial charge >= 0.3 is 5.97 Å². The SMILES string of the molecule is C=N[C@@H](Cc1ccccc1F)C(=O)OC. The lowest BCUT2D eigenvalue weighted by atomic mass is 10.1. The van der Waals surface area contributed by atoms with Crippen LogP contribution in [0.4, 0.5) is 4.39 Å². The number of aliphatic imine (C=N–C) groups is 1. The molecule has 1 atom stereocenters. The molecule has 0 amide bonds. The number of hydrogen-bond acceptors (Lipinski definition) is 3. The van der Waals surface area contributed by atoms with Gasteiger partial charge in [0.2, 0.25) is 0 Å². The van der Waals surface area contributed by atoms with Gasteiger partial charge in [-0.25, -0.2) is 9.18 Å². The lowest BCUT2D eigenvalue weighted by Crippen LogP contribution is -2.22. The summed E-state index contributed by atoms with van der Waals surface area (Å²) in [7, 11) is 1.27. The Labute approximate surface area is 87.6 Å². The van der Waals surface area contributed by atoms with Crippen LogP contribution >= 0.6 is 0 Å². The molecule has 0 aromatic heterocycles. The number of methoxy groups -OCH3 is 1. The van der Waals surface area contributed by atoms with Gasteiger partial charge in [0, 0.05) is 6.42 Å². The fraction of sp³-hybridized carbons (Fsp3) is 0.273. The lowest BCUT2D eigenvalue weighted by molar-refractivity contribution is -0.142. The normalized spacial score (nSPS) is 11.9. The van der Waals surface area contributed by atoms with Gasteiger partial charge < -0.3 is 4.74 Å². The fourth-order valence-corrected chi connectivity index (χ4v) is 1.23. The molecule has 0 radical (unpaired) electrons. The molecular formula is C11H12FNO2. The van der Waals surface area contributed by atoms with Crippen molar-refractivity contribution in [2.24, 2.45) is 4.99 Å². The molecule has 1 aromatic rings. The van der Waals surface area contributed by atoms with Crippen molar-refractivity contribution in [1.82, 2.24) is 0 Å². The molecule has 3 nitrogen and oxygen atoms in total. The Kier molecular flexibility index (Phi) is 3.97. The van der Waals surface area contributed by atoms with E-state index in [1.165, 1.54) is 13.2 Å². The van der Waals surface area contributed by atoms with Crippen molar-refractivity contribution in [2.45, 2.75) is 12.5 Å². The Morgan fingerprint density at radius 3 is 2.80 bits per heavy atom. The van der Waals surface area contributed by atoms with E-state index in [2.05, 4.69) is 16.4 Å². The maximum absolute atomic E-state index is 13.2. The highest BCUT2D eigenvalue weighted by Crippen LogP contribution is 2.11. The first-order chi connectivity index (χ1) is 7.19. The number of ether oxygens (including phenoxy) is 1. The van der Waals surface area contributed by atoms with Gasteiger partial charge in [-0.3, -0.25) is 4.99 Å². The largest absolute Gasteiger partial charge is 0.467 e. The summed E-state index contributed by atoms with van der Waals surface area (Å²) in [6.07, 6.45) is 0.169. The number of nitrogens with zero attached hydrogens (tertiary/aromatic N) is 1. The zero-order chi connectivity index (χ0) is 11.3. The van der Waals surface area contributed by atoms with E-state index < -0.39 is 12.0 Å². The van der Waals surface area contributed by atoms with Crippen LogP contribution in [0, 0.1) is 5.82 Å². The molecule has 0 N–H and O–H groups in total. The fourth-order valence-electron chi connectivity index (χ4n) is 1.23. The highest BCUT2D eigenvalue weighted by Gasteiger charge is 2.18. The summed E-state index contributed by atoms with van der Waals surface area (Å²) >= 11 is 0. The molecule has 0 heterocycles. The quantitative estimate of drug-likeness (QED) is 0.558. The molecule has 0 aliphatic rings. The van der Waals surface area contributed by atoms with Crippen molar-refractivity contribution >= 4 is 12.7 Å². The summed E-state index contributed by atoms with van der Waals surface area (Å²) in [4.78, 5) is 14.8. The molecule has 0 spiro atoms. The number of carbonyl (C=O) groups excluding carboxylic acids is 1. The predicted octanol–water partition coefficient (Wildman–Crippen LogP) is 1.61. The number of rotatable bonds is 4. The molecule has 0 saturated carbocycles. The summed E-state index contributed by atoms with van der Waals surface area (Å²) in [5, 5.41) is 0. The van der Waals surface area contributed by atoms with Crippen molar-refractivity contribution in [1.29, 1.82) is 0 Å². The molecule has 4 heteroatoms. The number of carbonyl (C=O) groups is 1. The molecule has 0 saturated heterocycles. The van der Waals surface area contributed by atoms with E-state index in [-0.39, 0.29) is 12.2 Å². The third-order valence-electron chi connectivity index (χ3n) is 2.06. The molecule has 0 aliphatic heterocycles. The average Bonchev–Trinajstić information content (AvgIpc) is 2.27. The zero-order valence-electron chi connectivity index (χ0n) is 8.44. The second-order valence-corrected chi connectivity index (χ2v) is 3.02. The summed E-state index contributed by atoms with van der Waals surface area (Å²) < 4.78 is 17.8. The van der Waals surface area contributed by atoms with Gasteiger partial charge in [-0.15, -0.1) is 0 Å². The Hall–Kier alpha value is -1.71. The third kappa shape index (κ3) is 2.87. The molecule has 0 aliphatic carbocycles. The van der Waals surface area contributed by atoms with Gasteiger partial charge in [-0.1, -0.05) is 18.2 Å². The number of hydrogen-bond donors (Lipinski definition) is 0. The standard InChI is InChI=1S/C11H12FNO2/c1-13-10(11(14)15-2)7-8-5-3-4-6-9(8)12/h3-6,10H,1,7H2,2H3/t10-/m0/s1. The van der Waals surface area contributed by atoms with Crippen molar-refractivity contribution in [3.63, 3.8) is 0 Å². The molecule has 0 fully saturated rings. The van der Waals surface area contributed by atoms with Gasteiger partial charge in [0.1, 0.15) is 5.82 Å². The summed E-state index contributed by atoms with van der Waals surface area (Å²) in [6, 6.07) is 5.50. The topological polar surface area (TPSA) is 38.7 Å². The van der Waals surface area contributed by atoms with E-state index in [1.807, 2.05) is 0 Å². The van der Waals surface area contributed by atoms with Crippen molar-refractivity contribution in [3.05, 3.63) is 35.6 Å². The highest BCUT2D eigenvalue weighted by molar-refractivity contribution is 5.77. The number of halogens is 1. The lowest BCUT2D eigenvalue weighted by Gasteiger charge is -2.09. The van der Waals surface area contributed by atoms with E-state index in [1.54, 1.807) is 18.2 Å². The first-order valence-electron chi connectivity index (χ1n) is 4.46. The average molecular weight is 209 g/mol. The van der Waals surface area contributed by atoms with Gasteiger partial charge in [0.25, 0.3) is 0 Å². The Bertz CT molecular complexity index is 365. The van der Waals surface area contributed by atoms with Crippen LogP contribution in [-0.2, 0) is 16.0 Å². The minimum atomic E-state index is -0.744. The molecule has 0 unspecified atom stereocenters. The van der Waals surface area contributed by atoms with Crippen LogP contribution < -0.4 is 0 Å². The second kappa shape index (κ2) is 5.24. The Morgan fingerprint density at radius 2 is 2.27 bits per heavy atom. The predicted molar refractivity (Wildman–Crippen MR) is 55.5 cm³/mol. The van der Waals surface area contributed by atoms with E-state index in [0.717, 1.165) is 0 Å². The van der Waals surface area contributed by atoms with Crippen molar-refractivity contribution in [2.75, 3.05) is 7.11 Å². The van der Waals surface area contributed by atoms with Gasteiger partial charge in [0.05, 0.1) is 7.11 Å². The molecular weight excluding hydrogens is 197 g/mol. The number of benzene rings is 1. The van der Waals surface area contributed by atoms with Crippen molar-refractivity contribution in [3.8, 4) is 0 Å². The van der Waals surface area contributed by atoms with Crippen LogP contribution in [-0.4, -0.2) is 25.8 Å². The van der Waals surface area contributed by atoms with Crippen LogP contribution in [0.5, 0.6) is 0 Å². The number of esters is 1. The maximum atomic E-state index is 13.2. The highest BCUT2D eigenvalue weighted by atomic mass is 19.1. The van der Waals surface area contributed by atoms with E-state index in [9.17, 15) is 9.18 Å². The van der Waals surface area contributed by atoms with Gasteiger partial charge in [-0.2, -0.15) is 0 Å². The van der Waals surface area contributed by atoms with Crippen LogP contribution in [0.15, 0.2) is 29.3 Å². The van der Waals surface area contributed by atoms with E-state index >= 15 is 0 Å². The van der Waals surface area contributed by atoms with Crippen LogP contribution in [0.2, 0.25) is 0 Å². The summed E-state index contributed by atoms with van der Waals surface area (Å²) in [5.41, 5.74) is 0.431. The smallest absolute Gasteiger partial charge is 0.330 e. The first kappa shape index (κ1) is 11.4. The zero-order valence-corrected chi connectivity index (χ0v) is 8.44. The van der Waals surface area contributed by atoms with Crippen LogP contribution in [0.25, 0.3) is 0 Å². The third-order valence-corrected chi connectivity index (χ3v) is 2.06. The monoisotopic (exact) mass is 209 g/mol. The minimum absolute atomic E-state index is 0.169. The Balaban J connectivity index is 2.80. The first-order valence-corrected chi connectivity index (χ1v) is 4.46. The van der Waals surface area contributed by atoms with E-state index in [4.69, 9.17) is 0 Å². The van der Waals surface area contributed by atoms with Crippen LogP contribution in [0.1, 0.15) is 5.56 Å². The molecule has 1 aromatic carbocycles. The molecule has 15 heavy (non-hydrogen) atoms. The maximum Gasteiger partial charge on any atom is 0.330 e. The van der Waals surface area contributed by atoms with Crippen molar-refractivity contribution < 1.29 is 13.9 Å². The van der Waals surface area contributed by atoms with Gasteiger partial charge in [-0.05, 0) is 18.3 Å². The molecule has 0 bridgehead atoms. The van der Waals surface area contributed by atoms with E-state index in [0.29, 0.717) is 5.56 Å². The summed E-state index contributed by atoms with van der Waals surface area (Å²) in [5.74, 6) is -0.858. The second-order valence-electron chi connectivity index (χ2n) is 3.02. The summed E-state index contributed by atoms with van der Waals surface area (Å²) in [6.45, 7) is 3.28. The molecule has 1 rings (SSSR count). The van der Waals surface area contributed by atoms with Gasteiger partial charge in [0.15, 0.2) is 6.04 Å². The Morgan fingerprint density at radius 1 is 1.60 bits per heavy atom. The molecule has 80 valence electrons.